The van der Waals surface area contributed by atoms with Crippen molar-refractivity contribution in [3.05, 3.63) is 35.4 Å². The van der Waals surface area contributed by atoms with Crippen molar-refractivity contribution < 1.29 is 4.74 Å². The first-order chi connectivity index (χ1) is 5.81. The van der Waals surface area contributed by atoms with Crippen molar-refractivity contribution in [1.82, 2.24) is 0 Å². The van der Waals surface area contributed by atoms with Gasteiger partial charge in [-0.15, -0.1) is 11.3 Å². The van der Waals surface area contributed by atoms with Gasteiger partial charge < -0.3 is 4.74 Å². The largest absolute Gasteiger partial charge is 0.497 e. The average Bonchev–Trinajstić information content (AvgIpc) is 2.47. The Morgan fingerprint density at radius 2 is 2.25 bits per heavy atom. The molecule has 0 bridgehead atoms. The molecule has 0 saturated heterocycles. The van der Waals surface area contributed by atoms with Crippen LogP contribution < -0.4 is 4.74 Å². The lowest BCUT2D eigenvalue weighted by atomic mass is 10.2. The van der Waals surface area contributed by atoms with Gasteiger partial charge in [-0.25, -0.2) is 0 Å². The topological polar surface area (TPSA) is 9.23 Å². The number of thiophene rings is 1. The fraction of sp³-hybridized carbons (Fsp3) is 0.100. The molecular weight excluding hydrogens is 168 g/mol. The zero-order chi connectivity index (χ0) is 8.55. The highest BCUT2D eigenvalue weighted by molar-refractivity contribution is 7.11. The quantitative estimate of drug-likeness (QED) is 0.650. The van der Waals surface area contributed by atoms with Crippen molar-refractivity contribution >= 4 is 22.1 Å². The SMILES string of the molecule is [CH2]c1scc2ccc(OC)cc12. The Bertz CT molecular complexity index is 403. The van der Waals surface area contributed by atoms with Crippen molar-refractivity contribution in [3.8, 4) is 5.75 Å². The Morgan fingerprint density at radius 3 is 3.00 bits per heavy atom. The summed E-state index contributed by atoms with van der Waals surface area (Å²) in [5.41, 5.74) is 0. The maximum absolute atomic E-state index is 5.12. The Labute approximate surface area is 75.6 Å². The number of fused-ring (bicyclic) bond motifs is 1. The Morgan fingerprint density at radius 1 is 1.42 bits per heavy atom. The van der Waals surface area contributed by atoms with Crippen LogP contribution in [0.1, 0.15) is 4.88 Å². The Kier molecular flexibility index (Phi) is 1.77. The molecule has 0 unspecified atom stereocenters. The second-order valence-electron chi connectivity index (χ2n) is 2.61. The third kappa shape index (κ3) is 1.08. The summed E-state index contributed by atoms with van der Waals surface area (Å²) < 4.78 is 5.12. The Balaban J connectivity index is 2.71. The number of hydrogen-bond donors (Lipinski definition) is 0. The molecule has 2 aromatic rings. The van der Waals surface area contributed by atoms with E-state index in [1.807, 2.05) is 12.1 Å². The summed E-state index contributed by atoms with van der Waals surface area (Å²) >= 11 is 1.67. The lowest BCUT2D eigenvalue weighted by molar-refractivity contribution is 0.415. The first-order valence-electron chi connectivity index (χ1n) is 3.68. The summed E-state index contributed by atoms with van der Waals surface area (Å²) in [5, 5.41) is 4.54. The molecule has 0 aliphatic rings. The predicted molar refractivity (Wildman–Crippen MR) is 52.8 cm³/mol. The summed E-state index contributed by atoms with van der Waals surface area (Å²) in [5.74, 6) is 0.894. The molecule has 0 aliphatic heterocycles. The fourth-order valence-electron chi connectivity index (χ4n) is 1.20. The van der Waals surface area contributed by atoms with Crippen LogP contribution in [0.15, 0.2) is 23.6 Å². The van der Waals surface area contributed by atoms with Crippen LogP contribution in [0.3, 0.4) is 0 Å². The van der Waals surface area contributed by atoms with E-state index in [4.69, 9.17) is 4.74 Å². The molecule has 1 heterocycles. The van der Waals surface area contributed by atoms with Crippen LogP contribution in [-0.4, -0.2) is 7.11 Å². The van der Waals surface area contributed by atoms with E-state index in [1.54, 1.807) is 18.4 Å². The first-order valence-corrected chi connectivity index (χ1v) is 4.56. The van der Waals surface area contributed by atoms with Crippen LogP contribution in [0, 0.1) is 6.92 Å². The normalized spacial score (nSPS) is 10.5. The van der Waals surface area contributed by atoms with Gasteiger partial charge in [0.2, 0.25) is 0 Å². The second kappa shape index (κ2) is 2.79. The van der Waals surface area contributed by atoms with E-state index >= 15 is 0 Å². The van der Waals surface area contributed by atoms with Gasteiger partial charge in [0.25, 0.3) is 0 Å². The van der Waals surface area contributed by atoms with Crippen molar-refractivity contribution in [2.45, 2.75) is 0 Å². The molecule has 0 atom stereocenters. The van der Waals surface area contributed by atoms with E-state index in [-0.39, 0.29) is 0 Å². The number of ether oxygens (including phenoxy) is 1. The first kappa shape index (κ1) is 7.62. The molecule has 0 fully saturated rings. The molecule has 0 saturated carbocycles. The molecule has 0 N–H and O–H groups in total. The molecule has 1 radical (unpaired) electrons. The highest BCUT2D eigenvalue weighted by atomic mass is 32.1. The van der Waals surface area contributed by atoms with Gasteiger partial charge in [-0.1, -0.05) is 0 Å². The lowest BCUT2D eigenvalue weighted by Crippen LogP contribution is -1.80. The third-order valence-corrected chi connectivity index (χ3v) is 2.77. The van der Waals surface area contributed by atoms with Gasteiger partial charge in [0, 0.05) is 4.88 Å². The second-order valence-corrected chi connectivity index (χ2v) is 3.58. The lowest BCUT2D eigenvalue weighted by Gasteiger charge is -1.98. The smallest absolute Gasteiger partial charge is 0.119 e. The molecule has 1 nitrogen and oxygen atoms in total. The molecule has 0 aliphatic carbocycles. The molecule has 1 aromatic carbocycles. The molecule has 2 rings (SSSR count). The van der Waals surface area contributed by atoms with E-state index < -0.39 is 0 Å². The minimum atomic E-state index is 0.894. The number of benzene rings is 1. The van der Waals surface area contributed by atoms with Crippen LogP contribution in [0.25, 0.3) is 10.8 Å². The van der Waals surface area contributed by atoms with E-state index in [0.717, 1.165) is 10.6 Å². The van der Waals surface area contributed by atoms with Crippen LogP contribution in [0.2, 0.25) is 0 Å². The molecule has 0 amide bonds. The molecule has 2 heteroatoms. The van der Waals surface area contributed by atoms with Crippen LogP contribution in [-0.2, 0) is 0 Å². The minimum absolute atomic E-state index is 0.894. The van der Waals surface area contributed by atoms with E-state index in [9.17, 15) is 0 Å². The van der Waals surface area contributed by atoms with Gasteiger partial charge in [0.05, 0.1) is 7.11 Å². The van der Waals surface area contributed by atoms with Gasteiger partial charge in [0.1, 0.15) is 5.75 Å². The molecule has 0 spiro atoms. The highest BCUT2D eigenvalue weighted by Crippen LogP contribution is 2.28. The van der Waals surface area contributed by atoms with Crippen molar-refractivity contribution in [2.75, 3.05) is 7.11 Å². The van der Waals surface area contributed by atoms with Gasteiger partial charge >= 0.3 is 0 Å². The van der Waals surface area contributed by atoms with E-state index in [0.29, 0.717) is 0 Å². The van der Waals surface area contributed by atoms with E-state index in [2.05, 4.69) is 18.4 Å². The van der Waals surface area contributed by atoms with Crippen molar-refractivity contribution in [2.24, 2.45) is 0 Å². The third-order valence-electron chi connectivity index (χ3n) is 1.89. The standard InChI is InChI=1S/C10H9OS/c1-7-10-5-9(11-2)4-3-8(10)6-12-7/h3-6H,1H2,2H3. The number of rotatable bonds is 1. The monoisotopic (exact) mass is 177 g/mol. The average molecular weight is 177 g/mol. The predicted octanol–water partition coefficient (Wildman–Crippen LogP) is 3.09. The Hall–Kier alpha value is -1.02. The fourth-order valence-corrected chi connectivity index (χ4v) is 1.98. The number of methoxy groups -OCH3 is 1. The van der Waals surface area contributed by atoms with Gasteiger partial charge in [0.15, 0.2) is 0 Å². The summed E-state index contributed by atoms with van der Waals surface area (Å²) in [6.07, 6.45) is 0. The zero-order valence-corrected chi connectivity index (χ0v) is 7.65. The van der Waals surface area contributed by atoms with Gasteiger partial charge in [-0.05, 0) is 41.3 Å². The maximum Gasteiger partial charge on any atom is 0.119 e. The summed E-state index contributed by atoms with van der Waals surface area (Å²) in [7, 11) is 1.68. The van der Waals surface area contributed by atoms with Crippen LogP contribution in [0.4, 0.5) is 0 Å². The van der Waals surface area contributed by atoms with E-state index in [1.165, 1.54) is 10.8 Å². The molecule has 1 aromatic heterocycles. The van der Waals surface area contributed by atoms with Crippen LogP contribution in [0.5, 0.6) is 5.75 Å². The van der Waals surface area contributed by atoms with Crippen molar-refractivity contribution in [3.63, 3.8) is 0 Å². The van der Waals surface area contributed by atoms with Gasteiger partial charge in [-0.2, -0.15) is 0 Å². The molecule has 12 heavy (non-hydrogen) atoms. The summed E-state index contributed by atoms with van der Waals surface area (Å²) in [4.78, 5) is 1.10. The molecular formula is C10H9OS. The maximum atomic E-state index is 5.12. The molecule has 61 valence electrons. The summed E-state index contributed by atoms with van der Waals surface area (Å²) in [6, 6.07) is 6.04. The number of hydrogen-bond acceptors (Lipinski definition) is 2. The van der Waals surface area contributed by atoms with Crippen molar-refractivity contribution in [1.29, 1.82) is 0 Å². The highest BCUT2D eigenvalue weighted by Gasteiger charge is 2.00. The van der Waals surface area contributed by atoms with Gasteiger partial charge in [-0.3, -0.25) is 0 Å². The minimum Gasteiger partial charge on any atom is -0.497 e. The van der Waals surface area contributed by atoms with Crippen LogP contribution >= 0.6 is 11.3 Å². The zero-order valence-electron chi connectivity index (χ0n) is 6.83. The summed E-state index contributed by atoms with van der Waals surface area (Å²) in [6.45, 7) is 3.95.